The predicted molar refractivity (Wildman–Crippen MR) is 84.8 cm³/mol. The second-order valence-corrected chi connectivity index (χ2v) is 7.50. The van der Waals surface area contributed by atoms with E-state index in [2.05, 4.69) is 9.80 Å². The van der Waals surface area contributed by atoms with E-state index in [4.69, 9.17) is 5.73 Å². The monoisotopic (exact) mass is 279 g/mol. The second kappa shape index (κ2) is 6.76. The molecule has 0 aromatic heterocycles. The van der Waals surface area contributed by atoms with Crippen LogP contribution in [0.4, 0.5) is 0 Å². The molecule has 2 N–H and O–H groups in total. The van der Waals surface area contributed by atoms with E-state index in [-0.39, 0.29) is 0 Å². The first-order valence-electron chi connectivity index (χ1n) is 8.98. The Hall–Kier alpha value is -0.120. The Balaban J connectivity index is 1.51. The van der Waals surface area contributed by atoms with Gasteiger partial charge < -0.3 is 10.6 Å². The van der Waals surface area contributed by atoms with E-state index in [1.54, 1.807) is 0 Å². The largest absolute Gasteiger partial charge is 0.330 e. The zero-order chi connectivity index (χ0) is 13.8. The van der Waals surface area contributed by atoms with Gasteiger partial charge in [0.15, 0.2) is 0 Å². The van der Waals surface area contributed by atoms with Gasteiger partial charge in [0.2, 0.25) is 0 Å². The Morgan fingerprint density at radius 1 is 0.950 bits per heavy atom. The summed E-state index contributed by atoms with van der Waals surface area (Å²) < 4.78 is 0. The fraction of sp³-hybridized carbons (Fsp3) is 1.00. The number of hydrogen-bond donors (Lipinski definition) is 1. The van der Waals surface area contributed by atoms with Crippen molar-refractivity contribution >= 4 is 0 Å². The van der Waals surface area contributed by atoms with Crippen LogP contribution in [-0.2, 0) is 0 Å². The molecule has 2 saturated heterocycles. The summed E-state index contributed by atoms with van der Waals surface area (Å²) in [5.41, 5.74) is 6.63. The second-order valence-electron chi connectivity index (χ2n) is 7.50. The highest BCUT2D eigenvalue weighted by Crippen LogP contribution is 2.38. The Morgan fingerprint density at radius 3 is 2.55 bits per heavy atom. The van der Waals surface area contributed by atoms with Gasteiger partial charge in [-0.15, -0.1) is 0 Å². The molecule has 1 atom stereocenters. The zero-order valence-electron chi connectivity index (χ0n) is 13.2. The highest BCUT2D eigenvalue weighted by atomic mass is 15.3. The molecule has 3 nitrogen and oxygen atoms in total. The van der Waals surface area contributed by atoms with Crippen LogP contribution >= 0.6 is 0 Å². The lowest BCUT2D eigenvalue weighted by atomic mass is 9.72. The smallest absolute Gasteiger partial charge is 0.0223 e. The lowest BCUT2D eigenvalue weighted by Crippen LogP contribution is -2.40. The van der Waals surface area contributed by atoms with E-state index < -0.39 is 0 Å². The van der Waals surface area contributed by atoms with Crippen molar-refractivity contribution in [1.82, 2.24) is 9.80 Å². The standard InChI is InChI=1S/C17H33N3/c18-15-17(7-2-1-3-8-17)9-13-19-10-5-12-20-11-4-6-16(20)14-19/h16H,1-15,18H2. The third-order valence-corrected chi connectivity index (χ3v) is 6.19. The molecule has 3 aliphatic rings. The van der Waals surface area contributed by atoms with Gasteiger partial charge in [0, 0.05) is 12.6 Å². The van der Waals surface area contributed by atoms with Crippen molar-refractivity contribution < 1.29 is 0 Å². The number of nitrogens with zero attached hydrogens (tertiary/aromatic N) is 2. The number of rotatable bonds is 4. The lowest BCUT2D eigenvalue weighted by molar-refractivity contribution is 0.141. The molecule has 3 rings (SSSR count). The lowest BCUT2D eigenvalue weighted by Gasteiger charge is -2.38. The van der Waals surface area contributed by atoms with Crippen molar-refractivity contribution in [2.24, 2.45) is 11.1 Å². The van der Waals surface area contributed by atoms with Gasteiger partial charge >= 0.3 is 0 Å². The minimum atomic E-state index is 0.486. The summed E-state index contributed by atoms with van der Waals surface area (Å²) >= 11 is 0. The van der Waals surface area contributed by atoms with E-state index >= 15 is 0 Å². The number of hydrogen-bond acceptors (Lipinski definition) is 3. The van der Waals surface area contributed by atoms with Gasteiger partial charge in [0.05, 0.1) is 0 Å². The van der Waals surface area contributed by atoms with E-state index in [0.29, 0.717) is 5.41 Å². The van der Waals surface area contributed by atoms with Crippen LogP contribution in [0.1, 0.15) is 57.8 Å². The third-order valence-electron chi connectivity index (χ3n) is 6.19. The maximum absolute atomic E-state index is 6.14. The molecule has 0 aromatic rings. The minimum absolute atomic E-state index is 0.486. The molecule has 0 amide bonds. The maximum Gasteiger partial charge on any atom is 0.0223 e. The number of nitrogens with two attached hydrogens (primary N) is 1. The normalized spacial score (nSPS) is 31.9. The fourth-order valence-electron chi connectivity index (χ4n) is 4.74. The van der Waals surface area contributed by atoms with Gasteiger partial charge in [-0.25, -0.2) is 0 Å². The average molecular weight is 279 g/mol. The molecule has 1 saturated carbocycles. The Morgan fingerprint density at radius 2 is 1.75 bits per heavy atom. The van der Waals surface area contributed by atoms with Crippen molar-refractivity contribution in [2.75, 3.05) is 39.3 Å². The summed E-state index contributed by atoms with van der Waals surface area (Å²) in [4.78, 5) is 5.49. The van der Waals surface area contributed by atoms with Gasteiger partial charge in [-0.2, -0.15) is 0 Å². The summed E-state index contributed by atoms with van der Waals surface area (Å²) in [5, 5.41) is 0. The van der Waals surface area contributed by atoms with Crippen LogP contribution in [-0.4, -0.2) is 55.1 Å². The Kier molecular flexibility index (Phi) is 5.00. The van der Waals surface area contributed by atoms with E-state index in [1.165, 1.54) is 90.5 Å². The molecule has 2 aliphatic heterocycles. The molecule has 3 fully saturated rings. The Labute approximate surface area is 124 Å². The fourth-order valence-corrected chi connectivity index (χ4v) is 4.74. The molecule has 0 spiro atoms. The summed E-state index contributed by atoms with van der Waals surface area (Å²) in [5.74, 6) is 0. The van der Waals surface area contributed by atoms with Crippen LogP contribution in [0.15, 0.2) is 0 Å². The topological polar surface area (TPSA) is 32.5 Å². The highest BCUT2D eigenvalue weighted by molar-refractivity contribution is 4.88. The van der Waals surface area contributed by atoms with Crippen molar-refractivity contribution in [1.29, 1.82) is 0 Å². The van der Waals surface area contributed by atoms with Gasteiger partial charge in [-0.3, -0.25) is 4.90 Å². The Bertz CT molecular complexity index is 299. The molecule has 20 heavy (non-hydrogen) atoms. The third kappa shape index (κ3) is 3.37. The van der Waals surface area contributed by atoms with Gasteiger partial charge in [-0.05, 0) is 76.7 Å². The van der Waals surface area contributed by atoms with Crippen molar-refractivity contribution in [3.63, 3.8) is 0 Å². The SMILES string of the molecule is NCC1(CCN2CCCN3CCCC3C2)CCCCC1. The van der Waals surface area contributed by atoms with Crippen LogP contribution in [0.25, 0.3) is 0 Å². The van der Waals surface area contributed by atoms with E-state index in [1.807, 2.05) is 0 Å². The van der Waals surface area contributed by atoms with Gasteiger partial charge in [0.1, 0.15) is 0 Å². The average Bonchev–Trinajstić information content (AvgIpc) is 2.84. The molecule has 3 heteroatoms. The van der Waals surface area contributed by atoms with E-state index in [0.717, 1.165) is 12.6 Å². The van der Waals surface area contributed by atoms with Crippen LogP contribution in [0.3, 0.4) is 0 Å². The van der Waals surface area contributed by atoms with Crippen molar-refractivity contribution in [3.05, 3.63) is 0 Å². The first-order valence-corrected chi connectivity index (χ1v) is 8.98. The molecular weight excluding hydrogens is 246 g/mol. The predicted octanol–water partition coefficient (Wildman–Crippen LogP) is 2.46. The summed E-state index contributed by atoms with van der Waals surface area (Å²) in [7, 11) is 0. The maximum atomic E-state index is 6.14. The molecule has 1 aliphatic carbocycles. The van der Waals surface area contributed by atoms with Crippen LogP contribution in [0.2, 0.25) is 0 Å². The highest BCUT2D eigenvalue weighted by Gasteiger charge is 2.33. The summed E-state index contributed by atoms with van der Waals surface area (Å²) in [6.07, 6.45) is 12.6. The van der Waals surface area contributed by atoms with Crippen LogP contribution in [0.5, 0.6) is 0 Å². The molecule has 2 heterocycles. The molecular formula is C17H33N3. The zero-order valence-corrected chi connectivity index (χ0v) is 13.2. The first kappa shape index (κ1) is 14.8. The molecule has 1 unspecified atom stereocenters. The van der Waals surface area contributed by atoms with Crippen LogP contribution < -0.4 is 5.73 Å². The van der Waals surface area contributed by atoms with E-state index in [9.17, 15) is 0 Å². The molecule has 0 aromatic carbocycles. The van der Waals surface area contributed by atoms with Crippen molar-refractivity contribution in [2.45, 2.75) is 63.8 Å². The minimum Gasteiger partial charge on any atom is -0.330 e. The van der Waals surface area contributed by atoms with Gasteiger partial charge in [0.25, 0.3) is 0 Å². The molecule has 116 valence electrons. The molecule has 0 radical (unpaired) electrons. The van der Waals surface area contributed by atoms with Crippen LogP contribution in [0, 0.1) is 5.41 Å². The summed E-state index contributed by atoms with van der Waals surface area (Å²) in [6.45, 7) is 7.53. The van der Waals surface area contributed by atoms with Crippen molar-refractivity contribution in [3.8, 4) is 0 Å². The first-order chi connectivity index (χ1) is 9.81. The molecule has 0 bridgehead atoms. The number of fused-ring (bicyclic) bond motifs is 1. The summed E-state index contributed by atoms with van der Waals surface area (Å²) in [6, 6.07) is 0.859. The van der Waals surface area contributed by atoms with Gasteiger partial charge in [-0.1, -0.05) is 19.3 Å². The quantitative estimate of drug-likeness (QED) is 0.858.